The first-order chi connectivity index (χ1) is 9.86. The maximum Gasteiger partial charge on any atom is 0.0707 e. The first-order valence-corrected chi connectivity index (χ1v) is 6.66. The molecule has 0 bridgehead atoms. The van der Waals surface area contributed by atoms with E-state index in [9.17, 15) is 0 Å². The van der Waals surface area contributed by atoms with Crippen LogP contribution in [-0.2, 0) is 0 Å². The van der Waals surface area contributed by atoms with Gasteiger partial charge in [0.2, 0.25) is 0 Å². The standard InChI is InChI=1S/C18H16N2/c1-19-16-10-7-14(8-11-16)6-9-15-12-13-20-18-5-3-2-4-17(15)18/h2-13,19H,1H3/b9-6-. The van der Waals surface area contributed by atoms with Crippen molar-refractivity contribution < 1.29 is 0 Å². The number of hydrogen-bond donors (Lipinski definition) is 1. The van der Waals surface area contributed by atoms with Crippen LogP contribution in [0.5, 0.6) is 0 Å². The van der Waals surface area contributed by atoms with E-state index in [1.165, 1.54) is 16.5 Å². The number of nitrogens with one attached hydrogen (secondary N) is 1. The molecule has 2 heteroatoms. The number of aromatic nitrogens is 1. The number of pyridine rings is 1. The van der Waals surface area contributed by atoms with Crippen LogP contribution in [0.25, 0.3) is 23.1 Å². The Balaban J connectivity index is 1.93. The highest BCUT2D eigenvalue weighted by atomic mass is 14.8. The molecule has 98 valence electrons. The van der Waals surface area contributed by atoms with Gasteiger partial charge in [-0.2, -0.15) is 0 Å². The Bertz CT molecular complexity index is 737. The normalized spacial score (nSPS) is 11.1. The van der Waals surface area contributed by atoms with Gasteiger partial charge in [-0.25, -0.2) is 0 Å². The molecular weight excluding hydrogens is 244 g/mol. The van der Waals surface area contributed by atoms with E-state index in [2.05, 4.69) is 52.8 Å². The molecular formula is C18H16N2. The number of hydrogen-bond acceptors (Lipinski definition) is 2. The van der Waals surface area contributed by atoms with E-state index in [0.29, 0.717) is 0 Å². The molecule has 0 radical (unpaired) electrons. The smallest absolute Gasteiger partial charge is 0.0707 e. The Labute approximate surface area is 118 Å². The van der Waals surface area contributed by atoms with Crippen molar-refractivity contribution in [1.29, 1.82) is 0 Å². The fraction of sp³-hybridized carbons (Fsp3) is 0.0556. The summed E-state index contributed by atoms with van der Waals surface area (Å²) in [6, 6.07) is 18.6. The van der Waals surface area contributed by atoms with Gasteiger partial charge in [0.1, 0.15) is 0 Å². The van der Waals surface area contributed by atoms with Crippen LogP contribution in [0.3, 0.4) is 0 Å². The second-order valence-corrected chi connectivity index (χ2v) is 4.62. The van der Waals surface area contributed by atoms with E-state index in [1.807, 2.05) is 37.5 Å². The number of fused-ring (bicyclic) bond motifs is 1. The summed E-state index contributed by atoms with van der Waals surface area (Å²) in [6.07, 6.45) is 6.12. The molecule has 0 aliphatic carbocycles. The summed E-state index contributed by atoms with van der Waals surface area (Å²) >= 11 is 0. The van der Waals surface area contributed by atoms with Gasteiger partial charge in [0, 0.05) is 24.3 Å². The second kappa shape index (κ2) is 5.57. The van der Waals surface area contributed by atoms with Crippen LogP contribution in [-0.4, -0.2) is 12.0 Å². The van der Waals surface area contributed by atoms with Gasteiger partial charge in [-0.15, -0.1) is 0 Å². The van der Waals surface area contributed by atoms with Crippen molar-refractivity contribution in [1.82, 2.24) is 4.98 Å². The number of anilines is 1. The molecule has 3 aromatic rings. The van der Waals surface area contributed by atoms with Gasteiger partial charge in [0.05, 0.1) is 5.52 Å². The van der Waals surface area contributed by atoms with Gasteiger partial charge >= 0.3 is 0 Å². The maximum absolute atomic E-state index is 4.38. The van der Waals surface area contributed by atoms with Crippen LogP contribution in [0.2, 0.25) is 0 Å². The van der Waals surface area contributed by atoms with E-state index in [1.54, 1.807) is 0 Å². The van der Waals surface area contributed by atoms with E-state index in [4.69, 9.17) is 0 Å². The zero-order valence-electron chi connectivity index (χ0n) is 11.4. The highest BCUT2D eigenvalue weighted by molar-refractivity contribution is 5.90. The Kier molecular flexibility index (Phi) is 3.46. The molecule has 0 aliphatic heterocycles. The Morgan fingerprint density at radius 2 is 1.70 bits per heavy atom. The van der Waals surface area contributed by atoms with Crippen LogP contribution in [0, 0.1) is 0 Å². The van der Waals surface area contributed by atoms with Gasteiger partial charge < -0.3 is 5.32 Å². The summed E-state index contributed by atoms with van der Waals surface area (Å²) in [5, 5.41) is 4.30. The summed E-state index contributed by atoms with van der Waals surface area (Å²) in [5.41, 5.74) is 4.52. The van der Waals surface area contributed by atoms with Crippen LogP contribution < -0.4 is 5.32 Å². The zero-order chi connectivity index (χ0) is 13.8. The van der Waals surface area contributed by atoms with Gasteiger partial charge in [-0.3, -0.25) is 4.98 Å². The molecule has 3 rings (SSSR count). The van der Waals surface area contributed by atoms with Gasteiger partial charge in [-0.1, -0.05) is 42.5 Å². The van der Waals surface area contributed by atoms with Crippen molar-refractivity contribution in [2.24, 2.45) is 0 Å². The van der Waals surface area contributed by atoms with Crippen LogP contribution >= 0.6 is 0 Å². The highest BCUT2D eigenvalue weighted by Gasteiger charge is 1.97. The highest BCUT2D eigenvalue weighted by Crippen LogP contribution is 2.19. The summed E-state index contributed by atoms with van der Waals surface area (Å²) < 4.78 is 0. The largest absolute Gasteiger partial charge is 0.388 e. The average molecular weight is 260 g/mol. The maximum atomic E-state index is 4.38. The zero-order valence-corrected chi connectivity index (χ0v) is 11.4. The van der Waals surface area contributed by atoms with E-state index >= 15 is 0 Å². The van der Waals surface area contributed by atoms with Crippen LogP contribution in [0.4, 0.5) is 5.69 Å². The third kappa shape index (κ3) is 2.54. The van der Waals surface area contributed by atoms with E-state index in [0.717, 1.165) is 11.2 Å². The molecule has 0 spiro atoms. The van der Waals surface area contributed by atoms with Crippen LogP contribution in [0.1, 0.15) is 11.1 Å². The molecule has 0 amide bonds. The number of nitrogens with zero attached hydrogens (tertiary/aromatic N) is 1. The van der Waals surface area contributed by atoms with Crippen molar-refractivity contribution in [3.63, 3.8) is 0 Å². The lowest BCUT2D eigenvalue weighted by Gasteiger charge is -2.02. The lowest BCUT2D eigenvalue weighted by atomic mass is 10.1. The molecule has 0 atom stereocenters. The first-order valence-electron chi connectivity index (χ1n) is 6.66. The van der Waals surface area contributed by atoms with Gasteiger partial charge in [0.25, 0.3) is 0 Å². The molecule has 0 saturated heterocycles. The average Bonchev–Trinajstić information content (AvgIpc) is 2.53. The lowest BCUT2D eigenvalue weighted by molar-refractivity contribution is 1.41. The predicted molar refractivity (Wildman–Crippen MR) is 86.7 cm³/mol. The third-order valence-electron chi connectivity index (χ3n) is 3.34. The Morgan fingerprint density at radius 1 is 0.900 bits per heavy atom. The third-order valence-corrected chi connectivity index (χ3v) is 3.34. The fourth-order valence-electron chi connectivity index (χ4n) is 2.21. The molecule has 0 aliphatic rings. The molecule has 2 nitrogen and oxygen atoms in total. The van der Waals surface area contributed by atoms with Gasteiger partial charge in [0.15, 0.2) is 0 Å². The van der Waals surface area contributed by atoms with Gasteiger partial charge in [-0.05, 0) is 35.4 Å². The molecule has 20 heavy (non-hydrogen) atoms. The van der Waals surface area contributed by atoms with Crippen molar-refractivity contribution >= 4 is 28.7 Å². The minimum Gasteiger partial charge on any atom is -0.388 e. The Hall–Kier alpha value is -2.61. The van der Waals surface area contributed by atoms with E-state index in [-0.39, 0.29) is 0 Å². The topological polar surface area (TPSA) is 24.9 Å². The minimum absolute atomic E-state index is 1.03. The monoisotopic (exact) mass is 260 g/mol. The SMILES string of the molecule is CNc1ccc(/C=C\c2ccnc3ccccc23)cc1. The Morgan fingerprint density at radius 3 is 2.50 bits per heavy atom. The summed E-state index contributed by atoms with van der Waals surface area (Å²) in [5.74, 6) is 0. The van der Waals surface area contributed by atoms with Crippen molar-refractivity contribution in [3.8, 4) is 0 Å². The van der Waals surface area contributed by atoms with Crippen molar-refractivity contribution in [3.05, 3.63) is 71.9 Å². The number of benzene rings is 2. The van der Waals surface area contributed by atoms with Crippen LogP contribution in [0.15, 0.2) is 60.8 Å². The van der Waals surface area contributed by atoms with Crippen molar-refractivity contribution in [2.75, 3.05) is 12.4 Å². The van der Waals surface area contributed by atoms with Crippen molar-refractivity contribution in [2.45, 2.75) is 0 Å². The summed E-state index contributed by atoms with van der Waals surface area (Å²) in [6.45, 7) is 0. The first kappa shape index (κ1) is 12.4. The molecule has 1 heterocycles. The fourth-order valence-corrected chi connectivity index (χ4v) is 2.21. The molecule has 1 aromatic heterocycles. The summed E-state index contributed by atoms with van der Waals surface area (Å²) in [7, 11) is 1.92. The molecule has 0 saturated carbocycles. The lowest BCUT2D eigenvalue weighted by Crippen LogP contribution is -1.86. The molecule has 0 unspecified atom stereocenters. The quantitative estimate of drug-likeness (QED) is 0.752. The van der Waals surface area contributed by atoms with E-state index < -0.39 is 0 Å². The summed E-state index contributed by atoms with van der Waals surface area (Å²) in [4.78, 5) is 4.38. The number of rotatable bonds is 3. The predicted octanol–water partition coefficient (Wildman–Crippen LogP) is 4.45. The number of para-hydroxylation sites is 1. The molecule has 0 fully saturated rings. The second-order valence-electron chi connectivity index (χ2n) is 4.62. The molecule has 2 aromatic carbocycles. The molecule has 1 N–H and O–H groups in total. The minimum atomic E-state index is 1.03.